The van der Waals surface area contributed by atoms with Crippen molar-refractivity contribution in [1.29, 1.82) is 0 Å². The number of nitrogens with one attached hydrogen (secondary N) is 2. The molecule has 0 aliphatic heterocycles. The summed E-state index contributed by atoms with van der Waals surface area (Å²) < 4.78 is 38.4. The van der Waals surface area contributed by atoms with Crippen LogP contribution in [0.25, 0.3) is 0 Å². The molecule has 0 bridgehead atoms. The monoisotopic (exact) mass is 297 g/mol. The number of halogens is 3. The van der Waals surface area contributed by atoms with E-state index in [-0.39, 0.29) is 17.7 Å². The number of nitrogens with zero attached hydrogens (tertiary/aromatic N) is 2. The first-order chi connectivity index (χ1) is 9.90. The van der Waals surface area contributed by atoms with Crippen LogP contribution in [0.2, 0.25) is 0 Å². The SMILES string of the molecule is CC(Nc1cc(C(F)(F)F)cc(NN)n1)c1cccnc1. The minimum Gasteiger partial charge on any atom is -0.363 e. The van der Waals surface area contributed by atoms with Crippen molar-refractivity contribution in [3.05, 3.63) is 47.8 Å². The predicted molar refractivity (Wildman–Crippen MR) is 73.3 cm³/mol. The van der Waals surface area contributed by atoms with Gasteiger partial charge in [0.05, 0.1) is 11.6 Å². The molecule has 0 aromatic carbocycles. The van der Waals surface area contributed by atoms with Gasteiger partial charge in [0.2, 0.25) is 0 Å². The van der Waals surface area contributed by atoms with E-state index >= 15 is 0 Å². The molecule has 8 heteroatoms. The van der Waals surface area contributed by atoms with Crippen LogP contribution in [0.4, 0.5) is 24.8 Å². The van der Waals surface area contributed by atoms with Crippen molar-refractivity contribution < 1.29 is 13.2 Å². The number of hydrazine groups is 1. The van der Waals surface area contributed by atoms with Crippen molar-refractivity contribution in [2.24, 2.45) is 5.84 Å². The van der Waals surface area contributed by atoms with Crippen molar-refractivity contribution in [3.63, 3.8) is 0 Å². The maximum atomic E-state index is 12.8. The number of rotatable bonds is 4. The standard InChI is InChI=1S/C13H14F3N5/c1-8(9-3-2-4-18-7-9)19-11-5-10(13(14,15)16)6-12(20-11)21-17/h2-8H,17H2,1H3,(H2,19,20,21). The molecule has 2 aromatic rings. The first kappa shape index (κ1) is 15.0. The van der Waals surface area contributed by atoms with E-state index in [1.54, 1.807) is 25.4 Å². The van der Waals surface area contributed by atoms with Gasteiger partial charge in [-0.2, -0.15) is 13.2 Å². The average Bonchev–Trinajstić information content (AvgIpc) is 2.46. The predicted octanol–water partition coefficient (Wildman–Crippen LogP) is 2.95. The largest absolute Gasteiger partial charge is 0.416 e. The highest BCUT2D eigenvalue weighted by Gasteiger charge is 2.31. The smallest absolute Gasteiger partial charge is 0.363 e. The summed E-state index contributed by atoms with van der Waals surface area (Å²) in [4.78, 5) is 7.93. The maximum absolute atomic E-state index is 12.8. The molecule has 2 rings (SSSR count). The Morgan fingerprint density at radius 3 is 2.52 bits per heavy atom. The Morgan fingerprint density at radius 1 is 1.24 bits per heavy atom. The van der Waals surface area contributed by atoms with Gasteiger partial charge in [0.1, 0.15) is 11.6 Å². The molecule has 0 spiro atoms. The molecular formula is C13H14F3N5. The topological polar surface area (TPSA) is 75.9 Å². The zero-order chi connectivity index (χ0) is 15.5. The second-order valence-electron chi connectivity index (χ2n) is 4.42. The molecule has 112 valence electrons. The molecule has 1 atom stereocenters. The summed E-state index contributed by atoms with van der Waals surface area (Å²) in [6.07, 6.45) is -1.22. The Kier molecular flexibility index (Phi) is 4.27. The molecule has 4 N–H and O–H groups in total. The number of anilines is 2. The van der Waals surface area contributed by atoms with E-state index in [1.807, 2.05) is 6.07 Å². The molecule has 0 amide bonds. The van der Waals surface area contributed by atoms with Crippen LogP contribution in [0.3, 0.4) is 0 Å². The normalized spacial score (nSPS) is 12.8. The first-order valence-corrected chi connectivity index (χ1v) is 6.12. The third kappa shape index (κ3) is 3.82. The van der Waals surface area contributed by atoms with E-state index in [0.717, 1.165) is 17.7 Å². The second kappa shape index (κ2) is 5.96. The highest BCUT2D eigenvalue weighted by molar-refractivity contribution is 5.50. The molecule has 5 nitrogen and oxygen atoms in total. The molecule has 2 heterocycles. The van der Waals surface area contributed by atoms with Crippen LogP contribution >= 0.6 is 0 Å². The lowest BCUT2D eigenvalue weighted by molar-refractivity contribution is -0.137. The summed E-state index contributed by atoms with van der Waals surface area (Å²) in [6, 6.07) is 5.11. The minimum atomic E-state index is -4.47. The zero-order valence-corrected chi connectivity index (χ0v) is 11.1. The van der Waals surface area contributed by atoms with Crippen LogP contribution in [0.1, 0.15) is 24.1 Å². The lowest BCUT2D eigenvalue weighted by Crippen LogP contribution is -2.15. The van der Waals surface area contributed by atoms with E-state index in [2.05, 4.69) is 20.7 Å². The molecule has 0 aliphatic carbocycles. The molecule has 0 radical (unpaired) electrons. The summed E-state index contributed by atoms with van der Waals surface area (Å²) in [6.45, 7) is 1.80. The first-order valence-electron chi connectivity index (χ1n) is 6.12. The number of nitrogen functional groups attached to an aromatic ring is 1. The third-order valence-electron chi connectivity index (χ3n) is 2.85. The van der Waals surface area contributed by atoms with Gasteiger partial charge in [0.15, 0.2) is 0 Å². The summed E-state index contributed by atoms with van der Waals surface area (Å²) in [5.41, 5.74) is 2.13. The van der Waals surface area contributed by atoms with Crippen molar-refractivity contribution >= 4 is 11.6 Å². The highest BCUT2D eigenvalue weighted by atomic mass is 19.4. The van der Waals surface area contributed by atoms with Gasteiger partial charge in [-0.05, 0) is 30.7 Å². The van der Waals surface area contributed by atoms with Crippen LogP contribution < -0.4 is 16.6 Å². The number of hydrogen-bond donors (Lipinski definition) is 3. The summed E-state index contributed by atoms with van der Waals surface area (Å²) in [5.74, 6) is 5.17. The van der Waals surface area contributed by atoms with Crippen molar-refractivity contribution in [2.75, 3.05) is 10.7 Å². The Balaban J connectivity index is 2.27. The molecule has 21 heavy (non-hydrogen) atoms. The Bertz CT molecular complexity index is 601. The summed E-state index contributed by atoms with van der Waals surface area (Å²) >= 11 is 0. The van der Waals surface area contributed by atoms with Gasteiger partial charge in [-0.15, -0.1) is 0 Å². The van der Waals surface area contributed by atoms with E-state index in [1.165, 1.54) is 0 Å². The van der Waals surface area contributed by atoms with Crippen LogP contribution in [0.5, 0.6) is 0 Å². The van der Waals surface area contributed by atoms with E-state index in [9.17, 15) is 13.2 Å². The van der Waals surface area contributed by atoms with E-state index < -0.39 is 11.7 Å². The van der Waals surface area contributed by atoms with Gasteiger partial charge in [-0.3, -0.25) is 4.98 Å². The van der Waals surface area contributed by atoms with Gasteiger partial charge in [-0.25, -0.2) is 10.8 Å². The van der Waals surface area contributed by atoms with Gasteiger partial charge in [0, 0.05) is 12.4 Å². The summed E-state index contributed by atoms with van der Waals surface area (Å²) in [7, 11) is 0. The number of aromatic nitrogens is 2. The molecular weight excluding hydrogens is 283 g/mol. The van der Waals surface area contributed by atoms with Crippen LogP contribution in [-0.2, 0) is 6.18 Å². The van der Waals surface area contributed by atoms with Crippen molar-refractivity contribution in [1.82, 2.24) is 9.97 Å². The fraction of sp³-hybridized carbons (Fsp3) is 0.231. The molecule has 2 aromatic heterocycles. The molecule has 0 aliphatic rings. The Hall–Kier alpha value is -2.35. The molecule has 1 unspecified atom stereocenters. The Labute approximate surface area is 119 Å². The summed E-state index contributed by atoms with van der Waals surface area (Å²) in [5, 5.41) is 2.90. The molecule has 0 saturated carbocycles. The number of alkyl halides is 3. The zero-order valence-electron chi connectivity index (χ0n) is 11.1. The van der Waals surface area contributed by atoms with Crippen molar-refractivity contribution in [2.45, 2.75) is 19.1 Å². The van der Waals surface area contributed by atoms with E-state index in [0.29, 0.717) is 0 Å². The molecule has 0 saturated heterocycles. The van der Waals surface area contributed by atoms with Crippen LogP contribution in [0.15, 0.2) is 36.7 Å². The maximum Gasteiger partial charge on any atom is 0.416 e. The number of pyridine rings is 2. The fourth-order valence-electron chi connectivity index (χ4n) is 1.78. The lowest BCUT2D eigenvalue weighted by Gasteiger charge is -2.17. The van der Waals surface area contributed by atoms with Crippen molar-refractivity contribution in [3.8, 4) is 0 Å². The highest BCUT2D eigenvalue weighted by Crippen LogP contribution is 2.32. The van der Waals surface area contributed by atoms with E-state index in [4.69, 9.17) is 5.84 Å². The minimum absolute atomic E-state index is 0.0642. The van der Waals surface area contributed by atoms with Gasteiger partial charge in [-0.1, -0.05) is 6.07 Å². The van der Waals surface area contributed by atoms with Gasteiger partial charge in [0.25, 0.3) is 0 Å². The fourth-order valence-corrected chi connectivity index (χ4v) is 1.78. The quantitative estimate of drug-likeness (QED) is 0.597. The molecule has 0 fully saturated rings. The van der Waals surface area contributed by atoms with Gasteiger partial charge >= 0.3 is 6.18 Å². The number of hydrogen-bond acceptors (Lipinski definition) is 5. The Morgan fingerprint density at radius 2 is 1.95 bits per heavy atom. The average molecular weight is 297 g/mol. The third-order valence-corrected chi connectivity index (χ3v) is 2.85. The number of nitrogens with two attached hydrogens (primary N) is 1. The van der Waals surface area contributed by atoms with Gasteiger partial charge < -0.3 is 10.7 Å². The second-order valence-corrected chi connectivity index (χ2v) is 4.42. The van der Waals surface area contributed by atoms with Crippen LogP contribution in [-0.4, -0.2) is 9.97 Å². The lowest BCUT2D eigenvalue weighted by atomic mass is 10.1. The van der Waals surface area contributed by atoms with Crippen LogP contribution in [0, 0.1) is 0 Å².